The Morgan fingerprint density at radius 1 is 0.356 bits per heavy atom. The van der Waals surface area contributed by atoms with E-state index in [0.29, 0.717) is 25.7 Å². The van der Waals surface area contributed by atoms with Gasteiger partial charge >= 0.3 is 17.9 Å². The van der Waals surface area contributed by atoms with Crippen molar-refractivity contribution in [3.8, 4) is 0 Å². The molecule has 0 rings (SSSR count). The molecular weight excluding hydrogens is 733 g/mol. The van der Waals surface area contributed by atoms with Crippen LogP contribution in [0.3, 0.4) is 0 Å². The maximum absolute atomic E-state index is 12.7. The first kappa shape index (κ1) is 55.9. The maximum atomic E-state index is 12.7. The average Bonchev–Trinajstić information content (AvgIpc) is 3.23. The second kappa shape index (κ2) is 47.5. The van der Waals surface area contributed by atoms with Gasteiger partial charge in [0, 0.05) is 19.3 Å². The Morgan fingerprint density at radius 2 is 0.678 bits per heavy atom. The van der Waals surface area contributed by atoms with E-state index in [4.69, 9.17) is 14.2 Å². The smallest absolute Gasteiger partial charge is 0.306 e. The summed E-state index contributed by atoms with van der Waals surface area (Å²) in [6.07, 6.45) is 58.9. The molecule has 0 aliphatic rings. The van der Waals surface area contributed by atoms with Crippen molar-refractivity contribution in [2.45, 2.75) is 232 Å². The lowest BCUT2D eigenvalue weighted by Gasteiger charge is -2.18. The number of esters is 3. The quantitative estimate of drug-likeness (QED) is 0.0264. The highest BCUT2D eigenvalue weighted by Crippen LogP contribution is 2.13. The summed E-state index contributed by atoms with van der Waals surface area (Å²) in [7, 11) is 0. The molecule has 0 amide bonds. The minimum absolute atomic E-state index is 0.0979. The molecule has 0 fully saturated rings. The highest BCUT2D eigenvalue weighted by molar-refractivity contribution is 5.71. The predicted molar refractivity (Wildman–Crippen MR) is 251 cm³/mol. The molecule has 0 bridgehead atoms. The fourth-order valence-electron chi connectivity index (χ4n) is 6.49. The van der Waals surface area contributed by atoms with E-state index in [2.05, 4.69) is 93.7 Å². The number of hydrogen-bond acceptors (Lipinski definition) is 6. The van der Waals surface area contributed by atoms with Gasteiger partial charge in [0.25, 0.3) is 0 Å². The van der Waals surface area contributed by atoms with Crippen LogP contribution in [0.1, 0.15) is 226 Å². The van der Waals surface area contributed by atoms with Crippen LogP contribution in [-0.4, -0.2) is 37.2 Å². The van der Waals surface area contributed by atoms with Gasteiger partial charge in [0.15, 0.2) is 6.10 Å². The van der Waals surface area contributed by atoms with Gasteiger partial charge in [-0.15, -0.1) is 0 Å². The van der Waals surface area contributed by atoms with E-state index in [1.807, 2.05) is 0 Å². The van der Waals surface area contributed by atoms with Gasteiger partial charge in [-0.05, 0) is 103 Å². The molecule has 0 aliphatic heterocycles. The van der Waals surface area contributed by atoms with Crippen molar-refractivity contribution in [1.29, 1.82) is 0 Å². The molecule has 1 atom stereocenters. The number of rotatable bonds is 43. The van der Waals surface area contributed by atoms with E-state index in [-0.39, 0.29) is 31.1 Å². The van der Waals surface area contributed by atoms with Gasteiger partial charge < -0.3 is 14.2 Å². The Bertz CT molecular complexity index is 1130. The zero-order valence-corrected chi connectivity index (χ0v) is 38.5. The van der Waals surface area contributed by atoms with Gasteiger partial charge in [-0.25, -0.2) is 0 Å². The molecule has 6 nitrogen and oxygen atoms in total. The van der Waals surface area contributed by atoms with Crippen LogP contribution < -0.4 is 0 Å². The van der Waals surface area contributed by atoms with E-state index in [1.54, 1.807) is 0 Å². The number of allylic oxidation sites excluding steroid dienone is 12. The van der Waals surface area contributed by atoms with Crippen LogP contribution in [0.15, 0.2) is 72.9 Å². The molecule has 0 heterocycles. The zero-order valence-electron chi connectivity index (χ0n) is 38.5. The molecule has 0 spiro atoms. The van der Waals surface area contributed by atoms with Gasteiger partial charge in [0.2, 0.25) is 0 Å². The third kappa shape index (κ3) is 45.8. The summed E-state index contributed by atoms with van der Waals surface area (Å²) in [5.41, 5.74) is 0. The van der Waals surface area contributed by atoms with Crippen molar-refractivity contribution in [1.82, 2.24) is 0 Å². The van der Waals surface area contributed by atoms with E-state index in [9.17, 15) is 14.4 Å². The predicted octanol–water partition coefficient (Wildman–Crippen LogP) is 15.9. The number of carbonyl (C=O) groups excluding carboxylic acids is 3. The highest BCUT2D eigenvalue weighted by Gasteiger charge is 2.19. The van der Waals surface area contributed by atoms with Crippen molar-refractivity contribution in [2.75, 3.05) is 13.2 Å². The summed E-state index contributed by atoms with van der Waals surface area (Å²) in [5.74, 6) is -0.966. The number of hydrogen-bond donors (Lipinski definition) is 0. The van der Waals surface area contributed by atoms with Crippen molar-refractivity contribution >= 4 is 17.9 Å². The summed E-state index contributed by atoms with van der Waals surface area (Å²) >= 11 is 0. The maximum Gasteiger partial charge on any atom is 0.306 e. The Hall–Kier alpha value is -3.15. The lowest BCUT2D eigenvalue weighted by Crippen LogP contribution is -2.30. The molecule has 338 valence electrons. The molecule has 1 unspecified atom stereocenters. The SMILES string of the molecule is CC/C=C\C/C=C\C/C=C\C/C=C\CCCCCCCCC(=O)OCC(COC(=O)CCC/C=C\CCCCCC)OC(=O)CCCCC/C=C\CCCCCCCC. The number of carbonyl (C=O) groups is 3. The fraction of sp³-hybridized carbons (Fsp3) is 0.717. The van der Waals surface area contributed by atoms with E-state index in [0.717, 1.165) is 103 Å². The van der Waals surface area contributed by atoms with E-state index in [1.165, 1.54) is 77.0 Å². The summed E-state index contributed by atoms with van der Waals surface area (Å²) in [5, 5.41) is 0. The van der Waals surface area contributed by atoms with Gasteiger partial charge in [0.05, 0.1) is 0 Å². The van der Waals surface area contributed by atoms with Crippen LogP contribution in [0, 0.1) is 0 Å². The second-order valence-corrected chi connectivity index (χ2v) is 16.0. The third-order valence-corrected chi connectivity index (χ3v) is 10.2. The van der Waals surface area contributed by atoms with Gasteiger partial charge in [-0.1, -0.05) is 177 Å². The summed E-state index contributed by atoms with van der Waals surface area (Å²) in [4.78, 5) is 37.8. The van der Waals surface area contributed by atoms with Crippen LogP contribution in [0.25, 0.3) is 0 Å². The molecular formula is C53H90O6. The van der Waals surface area contributed by atoms with Crippen LogP contribution in [-0.2, 0) is 28.6 Å². The van der Waals surface area contributed by atoms with Gasteiger partial charge in [-0.2, -0.15) is 0 Å². The van der Waals surface area contributed by atoms with Crippen molar-refractivity contribution < 1.29 is 28.6 Å². The molecule has 0 aliphatic carbocycles. The second-order valence-electron chi connectivity index (χ2n) is 16.0. The van der Waals surface area contributed by atoms with Crippen LogP contribution in [0.5, 0.6) is 0 Å². The molecule has 59 heavy (non-hydrogen) atoms. The zero-order chi connectivity index (χ0) is 43.0. The highest BCUT2D eigenvalue weighted by atomic mass is 16.6. The first-order valence-electron chi connectivity index (χ1n) is 24.4. The minimum atomic E-state index is -0.798. The lowest BCUT2D eigenvalue weighted by atomic mass is 10.1. The molecule has 0 N–H and O–H groups in total. The van der Waals surface area contributed by atoms with E-state index >= 15 is 0 Å². The summed E-state index contributed by atoms with van der Waals surface area (Å²) in [6, 6.07) is 0. The Morgan fingerprint density at radius 3 is 1.15 bits per heavy atom. The van der Waals surface area contributed by atoms with Crippen LogP contribution in [0.4, 0.5) is 0 Å². The number of ether oxygens (including phenoxy) is 3. The summed E-state index contributed by atoms with van der Waals surface area (Å²) < 4.78 is 16.7. The molecule has 6 heteroatoms. The van der Waals surface area contributed by atoms with Crippen molar-refractivity contribution in [2.24, 2.45) is 0 Å². The van der Waals surface area contributed by atoms with Crippen molar-refractivity contribution in [3.05, 3.63) is 72.9 Å². The van der Waals surface area contributed by atoms with Crippen LogP contribution >= 0.6 is 0 Å². The van der Waals surface area contributed by atoms with Gasteiger partial charge in [-0.3, -0.25) is 14.4 Å². The van der Waals surface area contributed by atoms with Crippen LogP contribution in [0.2, 0.25) is 0 Å². The first-order valence-corrected chi connectivity index (χ1v) is 24.4. The standard InChI is InChI=1S/C53H90O6/c1-4-7-10-13-16-19-21-23-24-25-26-27-28-30-31-34-37-40-43-46-52(55)58-49-50(48-57-51(54)45-42-39-36-33-18-15-12-9-6-3)59-53(56)47-44-41-38-35-32-29-22-20-17-14-11-8-5-2/h7,10,16,19,23-24,26-27,29,32-33,36,50H,4-6,8-9,11-15,17-18,20-22,25,28,30-31,34-35,37-49H2,1-3H3/b10-7-,19-16-,24-23-,27-26-,32-29-,36-33-. The Labute approximate surface area is 363 Å². The molecule has 0 aromatic carbocycles. The third-order valence-electron chi connectivity index (χ3n) is 10.2. The minimum Gasteiger partial charge on any atom is -0.462 e. The Balaban J connectivity index is 4.38. The molecule has 0 aromatic heterocycles. The van der Waals surface area contributed by atoms with E-state index < -0.39 is 6.10 Å². The normalized spacial score (nSPS) is 12.7. The Kier molecular flexibility index (Phi) is 45.0. The molecule has 0 radical (unpaired) electrons. The first-order chi connectivity index (χ1) is 29.0. The van der Waals surface area contributed by atoms with Crippen molar-refractivity contribution in [3.63, 3.8) is 0 Å². The summed E-state index contributed by atoms with van der Waals surface area (Å²) in [6.45, 7) is 6.42. The molecule has 0 saturated carbocycles. The topological polar surface area (TPSA) is 78.9 Å². The van der Waals surface area contributed by atoms with Gasteiger partial charge in [0.1, 0.15) is 13.2 Å². The fourth-order valence-corrected chi connectivity index (χ4v) is 6.49. The largest absolute Gasteiger partial charge is 0.462 e. The molecule has 0 aromatic rings. The molecule has 0 saturated heterocycles. The lowest BCUT2D eigenvalue weighted by molar-refractivity contribution is -0.167. The monoisotopic (exact) mass is 823 g/mol. The average molecular weight is 823 g/mol. The number of unbranched alkanes of at least 4 members (excludes halogenated alkanes) is 20.